The van der Waals surface area contributed by atoms with Crippen molar-refractivity contribution in [3.05, 3.63) is 0 Å². The van der Waals surface area contributed by atoms with E-state index < -0.39 is 5.97 Å². The smallest absolute Gasteiger partial charge is 0.305 e. The molecule has 0 aromatic rings. The first-order valence-corrected chi connectivity index (χ1v) is 7.56. The number of carboxylic acids is 1. The SMILES string of the molecule is CCNC1COCC1C(=O)NC(CC(=O)O)CC(C)(C)C. The number of hydrogen-bond acceptors (Lipinski definition) is 4. The fourth-order valence-corrected chi connectivity index (χ4v) is 2.71. The Morgan fingerprint density at radius 3 is 2.52 bits per heavy atom. The third kappa shape index (κ3) is 6.44. The van der Waals surface area contributed by atoms with Crippen LogP contribution in [0.25, 0.3) is 0 Å². The molecule has 0 saturated carbocycles. The molecule has 0 aliphatic carbocycles. The van der Waals surface area contributed by atoms with E-state index in [0.717, 1.165) is 6.54 Å². The second-order valence-electron chi connectivity index (χ2n) is 6.88. The van der Waals surface area contributed by atoms with E-state index in [1.54, 1.807) is 0 Å². The zero-order valence-electron chi connectivity index (χ0n) is 13.4. The highest BCUT2D eigenvalue weighted by Crippen LogP contribution is 2.23. The summed E-state index contributed by atoms with van der Waals surface area (Å²) in [6.07, 6.45) is 0.576. The maximum Gasteiger partial charge on any atom is 0.305 e. The Labute approximate surface area is 126 Å². The van der Waals surface area contributed by atoms with Crippen molar-refractivity contribution in [2.45, 2.75) is 52.6 Å². The molecule has 1 amide bonds. The maximum atomic E-state index is 12.4. The van der Waals surface area contributed by atoms with Gasteiger partial charge in [0.15, 0.2) is 0 Å². The summed E-state index contributed by atoms with van der Waals surface area (Å²) in [5.74, 6) is -1.26. The average molecular weight is 300 g/mol. The summed E-state index contributed by atoms with van der Waals surface area (Å²) in [6.45, 7) is 9.78. The Morgan fingerprint density at radius 2 is 2.00 bits per heavy atom. The van der Waals surface area contributed by atoms with E-state index >= 15 is 0 Å². The van der Waals surface area contributed by atoms with E-state index in [1.807, 2.05) is 27.7 Å². The predicted octanol–water partition coefficient (Wildman–Crippen LogP) is 1.01. The van der Waals surface area contributed by atoms with Crippen molar-refractivity contribution in [3.8, 4) is 0 Å². The van der Waals surface area contributed by atoms with Crippen molar-refractivity contribution in [2.24, 2.45) is 11.3 Å². The minimum atomic E-state index is -0.893. The van der Waals surface area contributed by atoms with Crippen molar-refractivity contribution in [1.82, 2.24) is 10.6 Å². The van der Waals surface area contributed by atoms with Gasteiger partial charge in [0, 0.05) is 12.1 Å². The topological polar surface area (TPSA) is 87.7 Å². The second-order valence-corrected chi connectivity index (χ2v) is 6.88. The van der Waals surface area contributed by atoms with Gasteiger partial charge in [-0.15, -0.1) is 0 Å². The monoisotopic (exact) mass is 300 g/mol. The van der Waals surface area contributed by atoms with E-state index in [9.17, 15) is 9.59 Å². The van der Waals surface area contributed by atoms with Gasteiger partial charge in [-0.25, -0.2) is 0 Å². The van der Waals surface area contributed by atoms with Crippen molar-refractivity contribution in [3.63, 3.8) is 0 Å². The van der Waals surface area contributed by atoms with Gasteiger partial charge in [0.2, 0.25) is 5.91 Å². The van der Waals surface area contributed by atoms with Crippen molar-refractivity contribution in [2.75, 3.05) is 19.8 Å². The van der Waals surface area contributed by atoms with Crippen molar-refractivity contribution < 1.29 is 19.4 Å². The third-order valence-electron chi connectivity index (χ3n) is 3.51. The van der Waals surface area contributed by atoms with Gasteiger partial charge in [0.1, 0.15) is 0 Å². The molecular formula is C15H28N2O4. The van der Waals surface area contributed by atoms with Crippen molar-refractivity contribution in [1.29, 1.82) is 0 Å². The number of rotatable bonds is 7. The van der Waals surface area contributed by atoms with E-state index in [2.05, 4.69) is 10.6 Å². The quantitative estimate of drug-likeness (QED) is 0.653. The highest BCUT2D eigenvalue weighted by molar-refractivity contribution is 5.81. The Bertz CT molecular complexity index is 365. The molecule has 1 aliphatic heterocycles. The lowest BCUT2D eigenvalue weighted by Gasteiger charge is -2.27. The normalized spacial score (nSPS) is 23.8. The first-order chi connectivity index (χ1) is 9.73. The molecule has 6 nitrogen and oxygen atoms in total. The summed E-state index contributed by atoms with van der Waals surface area (Å²) in [4.78, 5) is 23.4. The minimum absolute atomic E-state index is 0.00937. The highest BCUT2D eigenvalue weighted by atomic mass is 16.5. The lowest BCUT2D eigenvalue weighted by Crippen LogP contribution is -2.48. The number of ether oxygens (including phenoxy) is 1. The first-order valence-electron chi connectivity index (χ1n) is 7.56. The third-order valence-corrected chi connectivity index (χ3v) is 3.51. The summed E-state index contributed by atoms with van der Waals surface area (Å²) < 4.78 is 5.37. The molecule has 21 heavy (non-hydrogen) atoms. The van der Waals surface area contributed by atoms with Crippen LogP contribution in [0.5, 0.6) is 0 Å². The predicted molar refractivity (Wildman–Crippen MR) is 80.0 cm³/mol. The van der Waals surface area contributed by atoms with Gasteiger partial charge in [-0.2, -0.15) is 0 Å². The molecule has 6 heteroatoms. The Hall–Kier alpha value is -1.14. The van der Waals surface area contributed by atoms with Gasteiger partial charge >= 0.3 is 5.97 Å². The van der Waals surface area contributed by atoms with E-state index in [-0.39, 0.29) is 35.7 Å². The van der Waals surface area contributed by atoms with E-state index in [4.69, 9.17) is 9.84 Å². The zero-order chi connectivity index (χ0) is 16.0. The number of amides is 1. The Balaban J connectivity index is 2.64. The van der Waals surface area contributed by atoms with Crippen LogP contribution in [0.2, 0.25) is 0 Å². The largest absolute Gasteiger partial charge is 0.481 e. The van der Waals surface area contributed by atoms with Crippen molar-refractivity contribution >= 4 is 11.9 Å². The molecule has 0 spiro atoms. The summed E-state index contributed by atoms with van der Waals surface area (Å²) in [5.41, 5.74) is -0.0410. The van der Waals surface area contributed by atoms with Crippen LogP contribution in [0.3, 0.4) is 0 Å². The average Bonchev–Trinajstić information content (AvgIpc) is 2.74. The number of carboxylic acid groups (broad SMARTS) is 1. The summed E-state index contributed by atoms with van der Waals surface area (Å²) in [7, 11) is 0. The molecule has 0 bridgehead atoms. The highest BCUT2D eigenvalue weighted by Gasteiger charge is 2.35. The Morgan fingerprint density at radius 1 is 1.33 bits per heavy atom. The second kappa shape index (κ2) is 7.75. The van der Waals surface area contributed by atoms with Crippen LogP contribution in [0.4, 0.5) is 0 Å². The number of carbonyl (C=O) groups excluding carboxylic acids is 1. The summed E-state index contributed by atoms with van der Waals surface area (Å²) >= 11 is 0. The number of carbonyl (C=O) groups is 2. The lowest BCUT2D eigenvalue weighted by atomic mass is 9.86. The van der Waals surface area contributed by atoms with Crippen LogP contribution in [0.1, 0.15) is 40.5 Å². The molecule has 0 radical (unpaired) electrons. The minimum Gasteiger partial charge on any atom is -0.481 e. The molecule has 1 heterocycles. The molecule has 0 aromatic heterocycles. The maximum absolute atomic E-state index is 12.4. The molecule has 1 aliphatic rings. The van der Waals surface area contributed by atoms with Gasteiger partial charge < -0.3 is 20.5 Å². The van der Waals surface area contributed by atoms with Crippen LogP contribution < -0.4 is 10.6 Å². The van der Waals surface area contributed by atoms with Gasteiger partial charge in [0.25, 0.3) is 0 Å². The Kier molecular flexibility index (Phi) is 6.61. The molecule has 3 unspecified atom stereocenters. The first kappa shape index (κ1) is 17.9. The molecule has 0 aromatic carbocycles. The van der Waals surface area contributed by atoms with Gasteiger partial charge in [-0.05, 0) is 18.4 Å². The van der Waals surface area contributed by atoms with Gasteiger partial charge in [-0.1, -0.05) is 27.7 Å². The molecule has 1 saturated heterocycles. The lowest BCUT2D eigenvalue weighted by molar-refractivity contribution is -0.138. The number of aliphatic carboxylic acids is 1. The van der Waals surface area contributed by atoms with E-state index in [0.29, 0.717) is 19.6 Å². The molecule has 3 atom stereocenters. The van der Waals surface area contributed by atoms with Crippen LogP contribution in [-0.4, -0.2) is 48.8 Å². The van der Waals surface area contributed by atoms with Gasteiger partial charge in [-0.3, -0.25) is 9.59 Å². The number of hydrogen-bond donors (Lipinski definition) is 3. The molecule has 1 rings (SSSR count). The molecule has 122 valence electrons. The molecule has 1 fully saturated rings. The number of nitrogens with one attached hydrogen (secondary N) is 2. The standard InChI is InChI=1S/C15H28N2O4/c1-5-16-12-9-21-8-11(12)14(20)17-10(6-13(18)19)7-15(2,3)4/h10-12,16H,5-9H2,1-4H3,(H,17,20)(H,18,19). The van der Waals surface area contributed by atoms with E-state index in [1.165, 1.54) is 0 Å². The zero-order valence-corrected chi connectivity index (χ0v) is 13.4. The molecule has 3 N–H and O–H groups in total. The summed E-state index contributed by atoms with van der Waals surface area (Å²) in [6, 6.07) is -0.340. The fourth-order valence-electron chi connectivity index (χ4n) is 2.71. The van der Waals surface area contributed by atoms with Crippen LogP contribution in [0.15, 0.2) is 0 Å². The fraction of sp³-hybridized carbons (Fsp3) is 0.867. The molecular weight excluding hydrogens is 272 g/mol. The van der Waals surface area contributed by atoms with Gasteiger partial charge in [0.05, 0.1) is 25.6 Å². The van der Waals surface area contributed by atoms with Crippen LogP contribution >= 0.6 is 0 Å². The van der Waals surface area contributed by atoms with Crippen LogP contribution in [-0.2, 0) is 14.3 Å². The summed E-state index contributed by atoms with van der Waals surface area (Å²) in [5, 5.41) is 15.1. The van der Waals surface area contributed by atoms with Crippen LogP contribution in [0, 0.1) is 11.3 Å². The number of likely N-dealkylation sites (N-methyl/N-ethyl adjacent to an activating group) is 1.